The predicted molar refractivity (Wildman–Crippen MR) is 205 cm³/mol. The molecule has 4 atom stereocenters. The minimum absolute atomic E-state index is 0.00644. The number of carbonyl (C=O) groups is 5. The highest BCUT2D eigenvalue weighted by Gasteiger charge is 2.32. The molecule has 0 radical (unpaired) electrons. The second kappa shape index (κ2) is 19.5. The van der Waals surface area contributed by atoms with Crippen LogP contribution in [0.4, 0.5) is 4.39 Å². The summed E-state index contributed by atoms with van der Waals surface area (Å²) in [6.07, 6.45) is 0.501. The van der Waals surface area contributed by atoms with Gasteiger partial charge in [0.2, 0.25) is 17.7 Å². The number of aliphatic hydroxyl groups excluding tert-OH is 1. The average molecular weight is 787 g/mol. The Labute approximate surface area is 329 Å². The molecule has 4 aromatic rings. The number of para-hydroxylation sites is 1. The molecule has 4 bridgehead atoms. The minimum atomic E-state index is -1.40. The van der Waals surface area contributed by atoms with Gasteiger partial charge >= 0.3 is 0 Å². The van der Waals surface area contributed by atoms with Crippen molar-refractivity contribution in [3.05, 3.63) is 95.6 Å². The number of ether oxygens (including phenoxy) is 2. The first-order chi connectivity index (χ1) is 27.4. The molecule has 0 spiro atoms. The van der Waals surface area contributed by atoms with Crippen molar-refractivity contribution >= 4 is 29.5 Å². The highest BCUT2D eigenvalue weighted by molar-refractivity contribution is 5.95. The van der Waals surface area contributed by atoms with Gasteiger partial charge in [0.05, 0.1) is 25.1 Å². The zero-order valence-corrected chi connectivity index (χ0v) is 32.2. The molecular formula is C40H47FN8O8. The van der Waals surface area contributed by atoms with E-state index < -0.39 is 53.5 Å². The van der Waals surface area contributed by atoms with Gasteiger partial charge in [0.15, 0.2) is 17.2 Å². The van der Waals surface area contributed by atoms with E-state index in [-0.39, 0.29) is 73.4 Å². The fourth-order valence-corrected chi connectivity index (χ4v) is 6.16. The van der Waals surface area contributed by atoms with Crippen LogP contribution in [0.25, 0.3) is 5.69 Å². The van der Waals surface area contributed by atoms with Crippen molar-refractivity contribution in [2.45, 2.75) is 64.8 Å². The molecule has 0 saturated carbocycles. The van der Waals surface area contributed by atoms with E-state index >= 15 is 0 Å². The lowest BCUT2D eigenvalue weighted by molar-refractivity contribution is -0.135. The summed E-state index contributed by atoms with van der Waals surface area (Å²) in [4.78, 5) is 69.0. The molecule has 17 heteroatoms. The van der Waals surface area contributed by atoms with Gasteiger partial charge in [0.1, 0.15) is 23.7 Å². The van der Waals surface area contributed by atoms with Crippen molar-refractivity contribution in [1.29, 1.82) is 0 Å². The van der Waals surface area contributed by atoms with Gasteiger partial charge in [-0.3, -0.25) is 24.0 Å². The molecule has 5 rings (SSSR count). The molecule has 57 heavy (non-hydrogen) atoms. The van der Waals surface area contributed by atoms with Crippen LogP contribution in [0.2, 0.25) is 0 Å². The van der Waals surface area contributed by atoms with Crippen LogP contribution in [0.1, 0.15) is 66.4 Å². The number of halogens is 1. The SMILES string of the molecule is CC[C@H](C)[C@@H]1NC(=O)[C@H]([C@@H](C)O)NC(=O)CCCN(C(=O)c2cnnn2-c2ccccc2)CCNC(=O)c2ccc(OC)c(c2)Oc2cc(F)cc(c2)CNC1=O. The highest BCUT2D eigenvalue weighted by atomic mass is 19.1. The van der Waals surface area contributed by atoms with E-state index in [1.54, 1.807) is 31.2 Å². The monoisotopic (exact) mass is 786 g/mol. The first kappa shape index (κ1) is 41.8. The Morgan fingerprint density at radius 1 is 0.982 bits per heavy atom. The number of carbonyl (C=O) groups excluding carboxylic acids is 5. The lowest BCUT2D eigenvalue weighted by Crippen LogP contribution is -2.58. The summed E-state index contributed by atoms with van der Waals surface area (Å²) in [7, 11) is 1.41. The lowest BCUT2D eigenvalue weighted by atomic mass is 9.97. The van der Waals surface area contributed by atoms with Gasteiger partial charge in [0.25, 0.3) is 11.8 Å². The number of amides is 5. The van der Waals surface area contributed by atoms with Crippen LogP contribution in [0.15, 0.2) is 72.9 Å². The second-order valence-electron chi connectivity index (χ2n) is 13.7. The Morgan fingerprint density at radius 2 is 1.75 bits per heavy atom. The smallest absolute Gasteiger partial charge is 0.274 e. The molecule has 0 unspecified atom stereocenters. The van der Waals surface area contributed by atoms with Gasteiger partial charge in [-0.25, -0.2) is 9.07 Å². The summed E-state index contributed by atoms with van der Waals surface area (Å²) in [6.45, 7) is 4.90. The quantitative estimate of drug-likeness (QED) is 0.193. The van der Waals surface area contributed by atoms with E-state index in [4.69, 9.17) is 9.47 Å². The lowest BCUT2D eigenvalue weighted by Gasteiger charge is -2.28. The van der Waals surface area contributed by atoms with Crippen molar-refractivity contribution in [2.24, 2.45) is 5.92 Å². The summed E-state index contributed by atoms with van der Waals surface area (Å²) < 4.78 is 27.7. The van der Waals surface area contributed by atoms with Crippen LogP contribution in [0, 0.1) is 11.7 Å². The predicted octanol–water partition coefficient (Wildman–Crippen LogP) is 2.89. The third kappa shape index (κ3) is 10.9. The van der Waals surface area contributed by atoms with Crippen molar-refractivity contribution in [3.8, 4) is 22.9 Å². The number of hydrogen-bond acceptors (Lipinski definition) is 10. The standard InChI is InChI=1S/C40H47FN8O8/c1-5-24(2)35-38(53)43-22-26-18-28(41)21-30(19-26)57-33-20-27(13-14-32(33)56-4)37(52)42-15-17-48(16-9-12-34(51)45-36(25(3)50)39(54)46-35)40(55)31-23-44-47-49(31)29-10-7-6-8-11-29/h6-8,10-11,13-14,18-21,23-25,35-36,50H,5,9,12,15-17,22H2,1-4H3,(H,42,52)(H,43,53)(H,45,51)(H,46,54)/t24-,25+,35-,36-/m0/s1. The van der Waals surface area contributed by atoms with Gasteiger partial charge in [-0.05, 0) is 67.3 Å². The molecule has 1 aliphatic rings. The van der Waals surface area contributed by atoms with E-state index in [9.17, 15) is 33.5 Å². The fourth-order valence-electron chi connectivity index (χ4n) is 6.16. The average Bonchev–Trinajstić information content (AvgIpc) is 3.70. The molecular weight excluding hydrogens is 739 g/mol. The zero-order valence-electron chi connectivity index (χ0n) is 32.2. The maximum Gasteiger partial charge on any atom is 0.274 e. The third-order valence-corrected chi connectivity index (χ3v) is 9.48. The van der Waals surface area contributed by atoms with Crippen molar-refractivity contribution in [2.75, 3.05) is 26.7 Å². The van der Waals surface area contributed by atoms with Crippen LogP contribution < -0.4 is 30.7 Å². The Hall–Kier alpha value is -6.36. The number of methoxy groups -OCH3 is 1. The van der Waals surface area contributed by atoms with Crippen LogP contribution in [0.5, 0.6) is 17.2 Å². The van der Waals surface area contributed by atoms with Crippen LogP contribution in [-0.2, 0) is 20.9 Å². The molecule has 302 valence electrons. The number of aromatic nitrogens is 3. The molecule has 0 saturated heterocycles. The number of rotatable bonds is 6. The molecule has 3 aromatic carbocycles. The molecule has 5 N–H and O–H groups in total. The topological polar surface area (TPSA) is 206 Å². The number of fused-ring (bicyclic) bond motifs is 4. The van der Waals surface area contributed by atoms with E-state index in [2.05, 4.69) is 31.6 Å². The Morgan fingerprint density at radius 3 is 2.47 bits per heavy atom. The van der Waals surface area contributed by atoms with Gasteiger partial charge in [-0.2, -0.15) is 0 Å². The summed E-state index contributed by atoms with van der Waals surface area (Å²) >= 11 is 0. The zero-order chi connectivity index (χ0) is 41.1. The molecule has 0 fully saturated rings. The number of nitrogens with one attached hydrogen (secondary N) is 4. The molecule has 5 amide bonds. The maximum absolute atomic E-state index is 14.9. The van der Waals surface area contributed by atoms with Crippen LogP contribution in [0.3, 0.4) is 0 Å². The second-order valence-corrected chi connectivity index (χ2v) is 13.7. The number of nitrogens with zero attached hydrogens (tertiary/aromatic N) is 4. The Balaban J connectivity index is 1.46. The summed E-state index contributed by atoms with van der Waals surface area (Å²) in [5.41, 5.74) is 1.27. The highest BCUT2D eigenvalue weighted by Crippen LogP contribution is 2.33. The van der Waals surface area contributed by atoms with Gasteiger partial charge in [-0.1, -0.05) is 43.7 Å². The van der Waals surface area contributed by atoms with Crippen LogP contribution in [-0.4, -0.2) is 99.5 Å². The van der Waals surface area contributed by atoms with Gasteiger partial charge in [-0.15, -0.1) is 5.10 Å². The third-order valence-electron chi connectivity index (χ3n) is 9.48. The van der Waals surface area contributed by atoms with Gasteiger partial charge in [0, 0.05) is 44.2 Å². The maximum atomic E-state index is 14.9. The van der Waals surface area contributed by atoms with E-state index in [0.29, 0.717) is 17.7 Å². The van der Waals surface area contributed by atoms with Crippen molar-refractivity contribution in [1.82, 2.24) is 41.2 Å². The first-order valence-corrected chi connectivity index (χ1v) is 18.6. The van der Waals surface area contributed by atoms with Crippen molar-refractivity contribution in [3.63, 3.8) is 0 Å². The Bertz CT molecular complexity index is 2060. The first-order valence-electron chi connectivity index (χ1n) is 18.6. The number of benzene rings is 3. The van der Waals surface area contributed by atoms with Crippen molar-refractivity contribution < 1.29 is 42.9 Å². The molecule has 0 aliphatic carbocycles. The largest absolute Gasteiger partial charge is 0.493 e. The summed E-state index contributed by atoms with van der Waals surface area (Å²) in [5.74, 6) is -3.47. The number of hydrogen-bond donors (Lipinski definition) is 5. The van der Waals surface area contributed by atoms with E-state index in [1.165, 1.54) is 60.1 Å². The van der Waals surface area contributed by atoms with Gasteiger partial charge < -0.3 is 40.7 Å². The molecule has 2 heterocycles. The molecule has 16 nitrogen and oxygen atoms in total. The molecule has 1 aliphatic heterocycles. The fraction of sp³-hybridized carbons (Fsp3) is 0.375. The summed E-state index contributed by atoms with van der Waals surface area (Å²) in [5, 5.41) is 29.3. The molecule has 1 aromatic heterocycles. The van der Waals surface area contributed by atoms with E-state index in [0.717, 1.165) is 6.07 Å². The van der Waals surface area contributed by atoms with E-state index in [1.807, 2.05) is 13.0 Å². The number of aliphatic hydroxyl groups is 1. The Kier molecular flexibility index (Phi) is 14.3. The summed E-state index contributed by atoms with van der Waals surface area (Å²) in [6, 6.07) is 14.8. The normalized spacial score (nSPS) is 18.7. The van der Waals surface area contributed by atoms with Crippen LogP contribution >= 0.6 is 0 Å². The minimum Gasteiger partial charge on any atom is -0.493 e.